The predicted molar refractivity (Wildman–Crippen MR) is 60.5 cm³/mol. The molecule has 0 amide bonds. The summed E-state index contributed by atoms with van der Waals surface area (Å²) in [7, 11) is 2.22. The normalized spacial score (nSPS) is 30.2. The second-order valence-electron chi connectivity index (χ2n) is 5.14. The molecule has 2 rings (SSSR count). The first-order valence-corrected chi connectivity index (χ1v) is 6.26. The minimum absolute atomic E-state index is 0.779. The number of likely N-dealkylation sites (tertiary alicyclic amines) is 1. The fraction of sp³-hybridized carbons (Fsp3) is 1.00. The molecule has 0 spiro atoms. The van der Waals surface area contributed by atoms with E-state index >= 15 is 0 Å². The van der Waals surface area contributed by atoms with Crippen molar-refractivity contribution in [3.05, 3.63) is 0 Å². The molecular weight excluding hydrogens is 172 g/mol. The van der Waals surface area contributed by atoms with E-state index in [0.717, 1.165) is 12.0 Å². The predicted octanol–water partition coefficient (Wildman–Crippen LogP) is 1.86. The number of hydrogen-bond donors (Lipinski definition) is 1. The average molecular weight is 196 g/mol. The molecule has 1 heterocycles. The van der Waals surface area contributed by atoms with Gasteiger partial charge in [-0.1, -0.05) is 25.7 Å². The van der Waals surface area contributed by atoms with Gasteiger partial charge < -0.3 is 10.2 Å². The molecule has 1 unspecified atom stereocenters. The number of likely N-dealkylation sites (N-methyl/N-ethyl adjacent to an activating group) is 1. The van der Waals surface area contributed by atoms with Crippen molar-refractivity contribution in [2.24, 2.45) is 5.92 Å². The molecule has 2 nitrogen and oxygen atoms in total. The second kappa shape index (κ2) is 5.13. The summed E-state index contributed by atoms with van der Waals surface area (Å²) in [5.74, 6) is 1.04. The second-order valence-corrected chi connectivity index (χ2v) is 5.14. The third-order valence-corrected chi connectivity index (χ3v) is 3.85. The monoisotopic (exact) mass is 196 g/mol. The Balaban J connectivity index is 1.54. The van der Waals surface area contributed by atoms with E-state index in [4.69, 9.17) is 0 Å². The summed E-state index contributed by atoms with van der Waals surface area (Å²) in [5, 5.41) is 3.70. The summed E-state index contributed by atoms with van der Waals surface area (Å²) in [4.78, 5) is 2.42. The van der Waals surface area contributed by atoms with Gasteiger partial charge in [-0.25, -0.2) is 0 Å². The molecule has 1 saturated heterocycles. The number of hydrogen-bond acceptors (Lipinski definition) is 2. The summed E-state index contributed by atoms with van der Waals surface area (Å²) in [5.41, 5.74) is 0. The lowest BCUT2D eigenvalue weighted by Crippen LogP contribution is -2.32. The minimum atomic E-state index is 0.779. The minimum Gasteiger partial charge on any atom is -0.313 e. The van der Waals surface area contributed by atoms with Crippen molar-refractivity contribution in [2.45, 2.75) is 44.6 Å². The molecule has 0 bridgehead atoms. The van der Waals surface area contributed by atoms with Crippen molar-refractivity contribution in [1.82, 2.24) is 10.2 Å². The molecule has 0 aromatic rings. The van der Waals surface area contributed by atoms with E-state index in [2.05, 4.69) is 17.3 Å². The Bertz CT molecular complexity index is 164. The zero-order valence-electron chi connectivity index (χ0n) is 9.47. The van der Waals surface area contributed by atoms with Gasteiger partial charge in [-0.15, -0.1) is 0 Å². The Hall–Kier alpha value is -0.0800. The highest BCUT2D eigenvalue weighted by Crippen LogP contribution is 2.27. The molecule has 1 aliphatic heterocycles. The van der Waals surface area contributed by atoms with Crippen LogP contribution in [0.15, 0.2) is 0 Å². The van der Waals surface area contributed by atoms with E-state index in [-0.39, 0.29) is 0 Å². The van der Waals surface area contributed by atoms with Crippen LogP contribution in [0.3, 0.4) is 0 Å². The Kier molecular flexibility index (Phi) is 3.82. The molecule has 2 aliphatic rings. The van der Waals surface area contributed by atoms with Crippen molar-refractivity contribution in [3.63, 3.8) is 0 Å². The van der Waals surface area contributed by atoms with Gasteiger partial charge in [-0.3, -0.25) is 0 Å². The third-order valence-electron chi connectivity index (χ3n) is 3.85. The zero-order valence-corrected chi connectivity index (χ0v) is 9.47. The van der Waals surface area contributed by atoms with Crippen molar-refractivity contribution in [1.29, 1.82) is 0 Å². The van der Waals surface area contributed by atoms with Gasteiger partial charge in [0.2, 0.25) is 0 Å². The van der Waals surface area contributed by atoms with Crippen LogP contribution in [-0.2, 0) is 0 Å². The van der Waals surface area contributed by atoms with Crippen LogP contribution in [0.2, 0.25) is 0 Å². The van der Waals surface area contributed by atoms with Crippen molar-refractivity contribution in [3.8, 4) is 0 Å². The maximum atomic E-state index is 3.70. The molecule has 14 heavy (non-hydrogen) atoms. The standard InChI is InChI=1S/C12H24N2/c1-14-9-7-12(10-14)13-8-6-11-4-2-3-5-11/h11-13H,2-10H2,1H3. The van der Waals surface area contributed by atoms with E-state index in [9.17, 15) is 0 Å². The smallest absolute Gasteiger partial charge is 0.0207 e. The fourth-order valence-electron chi connectivity index (χ4n) is 2.89. The van der Waals surface area contributed by atoms with Crippen LogP contribution < -0.4 is 5.32 Å². The number of nitrogens with zero attached hydrogens (tertiary/aromatic N) is 1. The molecule has 82 valence electrons. The Labute approximate surface area is 88.1 Å². The van der Waals surface area contributed by atoms with Gasteiger partial charge in [0.25, 0.3) is 0 Å². The molecule has 1 aliphatic carbocycles. The Morgan fingerprint density at radius 1 is 1.21 bits per heavy atom. The van der Waals surface area contributed by atoms with Gasteiger partial charge in [-0.2, -0.15) is 0 Å². The van der Waals surface area contributed by atoms with Crippen LogP contribution >= 0.6 is 0 Å². The summed E-state index contributed by atoms with van der Waals surface area (Å²) >= 11 is 0. The van der Waals surface area contributed by atoms with Gasteiger partial charge in [-0.05, 0) is 38.9 Å². The van der Waals surface area contributed by atoms with Crippen LogP contribution in [-0.4, -0.2) is 37.6 Å². The molecule has 0 aromatic heterocycles. The van der Waals surface area contributed by atoms with Crippen LogP contribution in [0.5, 0.6) is 0 Å². The molecule has 0 radical (unpaired) electrons. The van der Waals surface area contributed by atoms with Gasteiger partial charge >= 0.3 is 0 Å². The van der Waals surface area contributed by atoms with Gasteiger partial charge in [0.1, 0.15) is 0 Å². The summed E-state index contributed by atoms with van der Waals surface area (Å²) in [6, 6.07) is 0.779. The van der Waals surface area contributed by atoms with E-state index in [1.54, 1.807) is 0 Å². The molecule has 2 fully saturated rings. The largest absolute Gasteiger partial charge is 0.313 e. The lowest BCUT2D eigenvalue weighted by molar-refractivity contribution is 0.390. The van der Waals surface area contributed by atoms with Gasteiger partial charge in [0.15, 0.2) is 0 Å². The first kappa shape index (κ1) is 10.4. The van der Waals surface area contributed by atoms with Gasteiger partial charge in [0, 0.05) is 12.6 Å². The van der Waals surface area contributed by atoms with Crippen LogP contribution in [0.25, 0.3) is 0 Å². The molecular formula is C12H24N2. The zero-order chi connectivity index (χ0) is 9.80. The number of rotatable bonds is 4. The van der Waals surface area contributed by atoms with E-state index in [1.165, 1.54) is 58.2 Å². The lowest BCUT2D eigenvalue weighted by atomic mass is 10.0. The average Bonchev–Trinajstić information content (AvgIpc) is 2.77. The van der Waals surface area contributed by atoms with Crippen molar-refractivity contribution < 1.29 is 0 Å². The van der Waals surface area contributed by atoms with Crippen molar-refractivity contribution in [2.75, 3.05) is 26.7 Å². The molecule has 1 N–H and O–H groups in total. The number of nitrogens with one attached hydrogen (secondary N) is 1. The molecule has 1 atom stereocenters. The fourth-order valence-corrected chi connectivity index (χ4v) is 2.89. The summed E-state index contributed by atoms with van der Waals surface area (Å²) < 4.78 is 0. The highest BCUT2D eigenvalue weighted by Gasteiger charge is 2.19. The highest BCUT2D eigenvalue weighted by atomic mass is 15.2. The van der Waals surface area contributed by atoms with Gasteiger partial charge in [0.05, 0.1) is 0 Å². The Morgan fingerprint density at radius 3 is 2.64 bits per heavy atom. The lowest BCUT2D eigenvalue weighted by Gasteiger charge is -2.14. The maximum absolute atomic E-state index is 3.70. The van der Waals surface area contributed by atoms with Crippen LogP contribution in [0, 0.1) is 5.92 Å². The van der Waals surface area contributed by atoms with E-state index in [0.29, 0.717) is 0 Å². The quantitative estimate of drug-likeness (QED) is 0.738. The first-order valence-electron chi connectivity index (χ1n) is 6.26. The Morgan fingerprint density at radius 2 is 2.00 bits per heavy atom. The molecule has 2 heteroatoms. The SMILES string of the molecule is CN1CCC(NCCC2CCCC2)C1. The van der Waals surface area contributed by atoms with Crippen LogP contribution in [0.4, 0.5) is 0 Å². The highest BCUT2D eigenvalue weighted by molar-refractivity contribution is 4.79. The summed E-state index contributed by atoms with van der Waals surface area (Å²) in [6.45, 7) is 3.79. The summed E-state index contributed by atoms with van der Waals surface area (Å²) in [6.07, 6.45) is 8.72. The molecule has 0 aromatic carbocycles. The van der Waals surface area contributed by atoms with Crippen LogP contribution in [0.1, 0.15) is 38.5 Å². The topological polar surface area (TPSA) is 15.3 Å². The maximum Gasteiger partial charge on any atom is 0.0207 e. The third kappa shape index (κ3) is 2.96. The van der Waals surface area contributed by atoms with Crippen molar-refractivity contribution >= 4 is 0 Å². The van der Waals surface area contributed by atoms with E-state index < -0.39 is 0 Å². The first-order chi connectivity index (χ1) is 6.84. The molecule has 1 saturated carbocycles. The van der Waals surface area contributed by atoms with E-state index in [1.807, 2.05) is 0 Å².